The molecular formula is C11H21N3O2. The number of hydrogen-bond acceptors (Lipinski definition) is 3. The molecular weight excluding hydrogens is 206 g/mol. The van der Waals surface area contributed by atoms with Gasteiger partial charge in [0, 0.05) is 19.7 Å². The zero-order valence-electron chi connectivity index (χ0n) is 9.95. The van der Waals surface area contributed by atoms with Gasteiger partial charge in [-0.05, 0) is 19.8 Å². The Morgan fingerprint density at radius 2 is 2.12 bits per heavy atom. The zero-order valence-corrected chi connectivity index (χ0v) is 9.95. The first-order valence-electron chi connectivity index (χ1n) is 5.96. The summed E-state index contributed by atoms with van der Waals surface area (Å²) in [5.74, 6) is 0.625. The van der Waals surface area contributed by atoms with E-state index in [0.717, 1.165) is 45.8 Å². The lowest BCUT2D eigenvalue weighted by Crippen LogP contribution is -2.45. The first-order valence-corrected chi connectivity index (χ1v) is 5.96. The Kier molecular flexibility index (Phi) is 3.66. The van der Waals surface area contributed by atoms with Gasteiger partial charge in [-0.25, -0.2) is 0 Å². The highest BCUT2D eigenvalue weighted by molar-refractivity contribution is 5.78. The molecule has 5 nitrogen and oxygen atoms in total. The van der Waals surface area contributed by atoms with Crippen LogP contribution in [0.4, 0.5) is 0 Å². The lowest BCUT2D eigenvalue weighted by Gasteiger charge is -2.28. The van der Waals surface area contributed by atoms with Gasteiger partial charge in [-0.1, -0.05) is 0 Å². The van der Waals surface area contributed by atoms with Crippen LogP contribution in [0.3, 0.4) is 0 Å². The van der Waals surface area contributed by atoms with Crippen molar-refractivity contribution in [2.75, 3.05) is 39.5 Å². The van der Waals surface area contributed by atoms with Crippen molar-refractivity contribution in [3.63, 3.8) is 0 Å². The number of nitrogens with zero attached hydrogens (tertiary/aromatic N) is 2. The molecule has 2 heterocycles. The van der Waals surface area contributed by atoms with Gasteiger partial charge in [0.25, 0.3) is 0 Å². The van der Waals surface area contributed by atoms with E-state index in [0.29, 0.717) is 12.5 Å². The maximum absolute atomic E-state index is 5.95. The molecule has 0 aliphatic carbocycles. The Morgan fingerprint density at radius 1 is 1.38 bits per heavy atom. The van der Waals surface area contributed by atoms with Gasteiger partial charge in [0.2, 0.25) is 0 Å². The van der Waals surface area contributed by atoms with Gasteiger partial charge in [0.15, 0.2) is 5.96 Å². The van der Waals surface area contributed by atoms with Crippen LogP contribution in [0.2, 0.25) is 0 Å². The van der Waals surface area contributed by atoms with Gasteiger partial charge in [-0.15, -0.1) is 0 Å². The predicted molar refractivity (Wildman–Crippen MR) is 62.5 cm³/mol. The molecule has 16 heavy (non-hydrogen) atoms. The fourth-order valence-corrected chi connectivity index (χ4v) is 2.10. The van der Waals surface area contributed by atoms with Gasteiger partial charge in [-0.2, -0.15) is 0 Å². The summed E-state index contributed by atoms with van der Waals surface area (Å²) in [5.41, 5.74) is 5.85. The van der Waals surface area contributed by atoms with E-state index < -0.39 is 0 Å². The Hall–Kier alpha value is -0.810. The lowest BCUT2D eigenvalue weighted by atomic mass is 10.0. The lowest BCUT2D eigenvalue weighted by molar-refractivity contribution is 0.0278. The topological polar surface area (TPSA) is 60.1 Å². The molecule has 0 saturated carbocycles. The number of ether oxygens (including phenoxy) is 2. The van der Waals surface area contributed by atoms with Gasteiger partial charge in [-0.3, -0.25) is 4.99 Å². The highest BCUT2D eigenvalue weighted by Crippen LogP contribution is 2.25. The molecule has 0 unspecified atom stereocenters. The SMILES string of the molecule is C[C@]1(CN=C(N)N2CCOCC2)CCCO1. The van der Waals surface area contributed by atoms with E-state index in [1.807, 2.05) is 0 Å². The van der Waals surface area contributed by atoms with Crippen LogP contribution in [-0.4, -0.2) is 55.9 Å². The van der Waals surface area contributed by atoms with Gasteiger partial charge in [0.1, 0.15) is 0 Å². The molecule has 2 aliphatic heterocycles. The van der Waals surface area contributed by atoms with Crippen molar-refractivity contribution in [1.82, 2.24) is 4.90 Å². The average Bonchev–Trinajstić information content (AvgIpc) is 2.75. The van der Waals surface area contributed by atoms with E-state index in [9.17, 15) is 0 Å². The second-order valence-electron chi connectivity index (χ2n) is 4.68. The molecule has 2 rings (SSSR count). The quantitative estimate of drug-likeness (QED) is 0.541. The second kappa shape index (κ2) is 5.01. The van der Waals surface area contributed by atoms with Crippen LogP contribution in [0.25, 0.3) is 0 Å². The Balaban J connectivity index is 1.85. The van der Waals surface area contributed by atoms with Crippen LogP contribution in [0.15, 0.2) is 4.99 Å². The number of guanidine groups is 1. The summed E-state index contributed by atoms with van der Waals surface area (Å²) in [6.07, 6.45) is 2.20. The highest BCUT2D eigenvalue weighted by Gasteiger charge is 2.29. The summed E-state index contributed by atoms with van der Waals surface area (Å²) in [6, 6.07) is 0. The molecule has 2 fully saturated rings. The van der Waals surface area contributed by atoms with Crippen molar-refractivity contribution in [2.24, 2.45) is 10.7 Å². The summed E-state index contributed by atoms with van der Waals surface area (Å²) >= 11 is 0. The second-order valence-corrected chi connectivity index (χ2v) is 4.68. The molecule has 0 aromatic rings. The van der Waals surface area contributed by atoms with Crippen LogP contribution in [0.5, 0.6) is 0 Å². The fraction of sp³-hybridized carbons (Fsp3) is 0.909. The molecule has 1 atom stereocenters. The van der Waals surface area contributed by atoms with Crippen LogP contribution < -0.4 is 5.73 Å². The molecule has 0 aromatic heterocycles. The van der Waals surface area contributed by atoms with Crippen molar-refractivity contribution in [2.45, 2.75) is 25.4 Å². The number of hydrogen-bond donors (Lipinski definition) is 1. The van der Waals surface area contributed by atoms with Gasteiger partial charge in [0.05, 0.1) is 25.4 Å². The first kappa shape index (κ1) is 11.7. The molecule has 5 heteroatoms. The maximum Gasteiger partial charge on any atom is 0.191 e. The largest absolute Gasteiger partial charge is 0.378 e. The molecule has 0 radical (unpaired) electrons. The minimum absolute atomic E-state index is 0.100. The molecule has 0 amide bonds. The molecule has 92 valence electrons. The first-order chi connectivity index (χ1) is 7.70. The Labute approximate surface area is 96.6 Å². The highest BCUT2D eigenvalue weighted by atomic mass is 16.5. The molecule has 2 aliphatic rings. The summed E-state index contributed by atoms with van der Waals surface area (Å²) in [6.45, 7) is 6.78. The maximum atomic E-state index is 5.95. The van der Waals surface area contributed by atoms with Crippen molar-refractivity contribution < 1.29 is 9.47 Å². The fourth-order valence-electron chi connectivity index (χ4n) is 2.10. The molecule has 0 bridgehead atoms. The number of morpholine rings is 1. The van der Waals surface area contributed by atoms with Crippen LogP contribution >= 0.6 is 0 Å². The van der Waals surface area contributed by atoms with Crippen LogP contribution in [0.1, 0.15) is 19.8 Å². The van der Waals surface area contributed by atoms with E-state index in [4.69, 9.17) is 15.2 Å². The number of rotatable bonds is 2. The summed E-state index contributed by atoms with van der Waals surface area (Å²) in [7, 11) is 0. The third kappa shape index (κ3) is 2.86. The van der Waals surface area contributed by atoms with Gasteiger partial charge >= 0.3 is 0 Å². The van der Waals surface area contributed by atoms with E-state index in [1.165, 1.54) is 0 Å². The van der Waals surface area contributed by atoms with Crippen molar-refractivity contribution >= 4 is 5.96 Å². The Morgan fingerprint density at radius 3 is 2.75 bits per heavy atom. The van der Waals surface area contributed by atoms with Crippen molar-refractivity contribution in [1.29, 1.82) is 0 Å². The normalized spacial score (nSPS) is 32.1. The number of aliphatic imine (C=N–C) groups is 1. The minimum atomic E-state index is -0.100. The monoisotopic (exact) mass is 227 g/mol. The third-order valence-corrected chi connectivity index (χ3v) is 3.21. The summed E-state index contributed by atoms with van der Waals surface area (Å²) in [5, 5.41) is 0. The van der Waals surface area contributed by atoms with Crippen molar-refractivity contribution in [3.05, 3.63) is 0 Å². The molecule has 2 N–H and O–H groups in total. The standard InChI is InChI=1S/C11H21N3O2/c1-11(3-2-6-16-11)9-13-10(12)14-4-7-15-8-5-14/h2-9H2,1H3,(H2,12,13)/t11-/m1/s1. The third-order valence-electron chi connectivity index (χ3n) is 3.21. The van der Waals surface area contributed by atoms with E-state index in [-0.39, 0.29) is 5.60 Å². The van der Waals surface area contributed by atoms with E-state index in [1.54, 1.807) is 0 Å². The Bertz CT molecular complexity index is 256. The predicted octanol–water partition coefficient (Wildman–Crippen LogP) is 0.202. The zero-order chi connectivity index (χ0) is 11.4. The van der Waals surface area contributed by atoms with E-state index in [2.05, 4.69) is 16.8 Å². The van der Waals surface area contributed by atoms with Crippen LogP contribution in [0, 0.1) is 0 Å². The number of nitrogens with two attached hydrogens (primary N) is 1. The minimum Gasteiger partial charge on any atom is -0.378 e. The van der Waals surface area contributed by atoms with Gasteiger partial charge < -0.3 is 20.1 Å². The van der Waals surface area contributed by atoms with Crippen molar-refractivity contribution in [3.8, 4) is 0 Å². The average molecular weight is 227 g/mol. The molecule has 0 aromatic carbocycles. The molecule has 0 spiro atoms. The van der Waals surface area contributed by atoms with Crippen LogP contribution in [-0.2, 0) is 9.47 Å². The smallest absolute Gasteiger partial charge is 0.191 e. The summed E-state index contributed by atoms with van der Waals surface area (Å²) in [4.78, 5) is 6.51. The molecule has 2 saturated heterocycles. The van der Waals surface area contributed by atoms with E-state index >= 15 is 0 Å². The summed E-state index contributed by atoms with van der Waals surface area (Å²) < 4.78 is 10.9.